The van der Waals surface area contributed by atoms with Crippen LogP contribution in [0.2, 0.25) is 5.02 Å². The first kappa shape index (κ1) is 12.4. The molecule has 2 rings (SSSR count). The zero-order valence-electron chi connectivity index (χ0n) is 10.2. The molecular formula is C13H17ClN2O. The molecule has 0 fully saturated rings. The number of nitrogens with two attached hydrogens (primary N) is 1. The summed E-state index contributed by atoms with van der Waals surface area (Å²) in [5, 5.41) is 0.699. The highest BCUT2D eigenvalue weighted by atomic mass is 35.5. The van der Waals surface area contributed by atoms with Crippen molar-refractivity contribution in [2.75, 3.05) is 6.54 Å². The fourth-order valence-corrected chi connectivity index (χ4v) is 2.20. The highest BCUT2D eigenvalue weighted by Crippen LogP contribution is 2.28. The monoisotopic (exact) mass is 252 g/mol. The highest BCUT2D eigenvalue weighted by Gasteiger charge is 2.14. The van der Waals surface area contributed by atoms with Gasteiger partial charge in [0.15, 0.2) is 11.5 Å². The number of oxazole rings is 1. The van der Waals surface area contributed by atoms with E-state index in [0.717, 1.165) is 35.4 Å². The van der Waals surface area contributed by atoms with E-state index in [1.54, 1.807) is 0 Å². The molecular weight excluding hydrogens is 236 g/mol. The summed E-state index contributed by atoms with van der Waals surface area (Å²) in [4.78, 5) is 4.50. The van der Waals surface area contributed by atoms with Gasteiger partial charge in [0.05, 0.1) is 0 Å². The lowest BCUT2D eigenvalue weighted by Gasteiger charge is -2.04. The fraction of sp³-hybridized carbons (Fsp3) is 0.462. The Bertz CT molecular complexity index is 521. The van der Waals surface area contributed by atoms with Gasteiger partial charge in [-0.2, -0.15) is 0 Å². The van der Waals surface area contributed by atoms with Gasteiger partial charge in [-0.25, -0.2) is 4.98 Å². The number of aryl methyl sites for hydroxylation is 1. The first-order valence-corrected chi connectivity index (χ1v) is 6.26. The zero-order valence-corrected chi connectivity index (χ0v) is 10.9. The number of hydrogen-bond acceptors (Lipinski definition) is 3. The molecule has 0 bridgehead atoms. The standard InChI is InChI=1S/C13H17ClN2O/c1-8(4-3-5-15)13-16-11-7-10(14)6-9(2)12(11)17-13/h6-8H,3-5,15H2,1-2H3. The Morgan fingerprint density at radius 2 is 2.24 bits per heavy atom. The first-order chi connectivity index (χ1) is 8.11. The number of hydrogen-bond donors (Lipinski definition) is 1. The van der Waals surface area contributed by atoms with Gasteiger partial charge in [0.1, 0.15) is 5.52 Å². The molecule has 1 heterocycles. The van der Waals surface area contributed by atoms with E-state index in [1.165, 1.54) is 0 Å². The molecule has 92 valence electrons. The summed E-state index contributed by atoms with van der Waals surface area (Å²) in [5.74, 6) is 1.07. The van der Waals surface area contributed by atoms with Crippen molar-refractivity contribution in [2.24, 2.45) is 5.73 Å². The van der Waals surface area contributed by atoms with E-state index in [-0.39, 0.29) is 0 Å². The van der Waals surface area contributed by atoms with Gasteiger partial charge in [-0.3, -0.25) is 0 Å². The van der Waals surface area contributed by atoms with Crippen molar-refractivity contribution < 1.29 is 4.42 Å². The fourth-order valence-electron chi connectivity index (χ4n) is 1.93. The molecule has 0 saturated heterocycles. The van der Waals surface area contributed by atoms with Crippen LogP contribution in [0.3, 0.4) is 0 Å². The lowest BCUT2D eigenvalue weighted by atomic mass is 10.1. The van der Waals surface area contributed by atoms with Crippen molar-refractivity contribution in [3.05, 3.63) is 28.6 Å². The summed E-state index contributed by atoms with van der Waals surface area (Å²) in [6.07, 6.45) is 1.98. The van der Waals surface area contributed by atoms with Crippen LogP contribution in [0, 0.1) is 6.92 Å². The van der Waals surface area contributed by atoms with Gasteiger partial charge in [-0.1, -0.05) is 18.5 Å². The van der Waals surface area contributed by atoms with Crippen molar-refractivity contribution in [3.63, 3.8) is 0 Å². The van der Waals surface area contributed by atoms with Crippen LogP contribution in [0.15, 0.2) is 16.5 Å². The molecule has 4 heteroatoms. The summed E-state index contributed by atoms with van der Waals surface area (Å²) in [7, 11) is 0. The van der Waals surface area contributed by atoms with E-state index < -0.39 is 0 Å². The molecule has 1 aromatic carbocycles. The summed E-state index contributed by atoms with van der Waals surface area (Å²) in [6.45, 7) is 4.79. The molecule has 2 N–H and O–H groups in total. The second-order valence-electron chi connectivity index (χ2n) is 4.45. The maximum atomic E-state index is 6.00. The molecule has 0 spiro atoms. The maximum absolute atomic E-state index is 6.00. The third kappa shape index (κ3) is 2.61. The van der Waals surface area contributed by atoms with Crippen molar-refractivity contribution >= 4 is 22.7 Å². The number of fused-ring (bicyclic) bond motifs is 1. The third-order valence-corrected chi connectivity index (χ3v) is 3.14. The number of aromatic nitrogens is 1. The lowest BCUT2D eigenvalue weighted by molar-refractivity contribution is 0.463. The molecule has 1 atom stereocenters. The molecule has 0 radical (unpaired) electrons. The highest BCUT2D eigenvalue weighted by molar-refractivity contribution is 6.31. The molecule has 0 saturated carbocycles. The average Bonchev–Trinajstić information content (AvgIpc) is 2.69. The molecule has 0 aliphatic carbocycles. The molecule has 0 aliphatic heterocycles. The second-order valence-corrected chi connectivity index (χ2v) is 4.89. The minimum atomic E-state index is 0.295. The minimum absolute atomic E-state index is 0.295. The summed E-state index contributed by atoms with van der Waals surface area (Å²) in [6, 6.07) is 3.73. The summed E-state index contributed by atoms with van der Waals surface area (Å²) >= 11 is 6.00. The maximum Gasteiger partial charge on any atom is 0.198 e. The summed E-state index contributed by atoms with van der Waals surface area (Å²) in [5.41, 5.74) is 8.21. The Labute approximate surface area is 106 Å². The van der Waals surface area contributed by atoms with E-state index in [2.05, 4.69) is 11.9 Å². The zero-order chi connectivity index (χ0) is 12.4. The largest absolute Gasteiger partial charge is 0.440 e. The van der Waals surface area contributed by atoms with Crippen LogP contribution in [-0.4, -0.2) is 11.5 Å². The van der Waals surface area contributed by atoms with Crippen LogP contribution >= 0.6 is 11.6 Å². The van der Waals surface area contributed by atoms with Crippen molar-refractivity contribution in [1.82, 2.24) is 4.98 Å². The average molecular weight is 253 g/mol. The van der Waals surface area contributed by atoms with Crippen LogP contribution in [0.4, 0.5) is 0 Å². The molecule has 3 nitrogen and oxygen atoms in total. The van der Waals surface area contributed by atoms with Crippen molar-refractivity contribution in [1.29, 1.82) is 0 Å². The van der Waals surface area contributed by atoms with Gasteiger partial charge >= 0.3 is 0 Å². The first-order valence-electron chi connectivity index (χ1n) is 5.88. The van der Waals surface area contributed by atoms with Gasteiger partial charge in [0.2, 0.25) is 0 Å². The van der Waals surface area contributed by atoms with Gasteiger partial charge in [-0.15, -0.1) is 0 Å². The predicted molar refractivity (Wildman–Crippen MR) is 70.5 cm³/mol. The van der Waals surface area contributed by atoms with Gasteiger partial charge in [0, 0.05) is 10.9 Å². The number of nitrogens with zero attached hydrogens (tertiary/aromatic N) is 1. The van der Waals surface area contributed by atoms with Gasteiger partial charge in [-0.05, 0) is 44.0 Å². The summed E-state index contributed by atoms with van der Waals surface area (Å²) < 4.78 is 5.80. The van der Waals surface area contributed by atoms with Crippen molar-refractivity contribution in [3.8, 4) is 0 Å². The van der Waals surface area contributed by atoms with Crippen LogP contribution in [0.5, 0.6) is 0 Å². The van der Waals surface area contributed by atoms with Crippen LogP contribution in [0.25, 0.3) is 11.1 Å². The minimum Gasteiger partial charge on any atom is -0.440 e. The van der Waals surface area contributed by atoms with E-state index in [9.17, 15) is 0 Å². The molecule has 1 unspecified atom stereocenters. The van der Waals surface area contributed by atoms with E-state index >= 15 is 0 Å². The molecule has 17 heavy (non-hydrogen) atoms. The normalized spacial score (nSPS) is 13.2. The van der Waals surface area contributed by atoms with E-state index in [4.69, 9.17) is 21.8 Å². The molecule has 1 aromatic heterocycles. The number of rotatable bonds is 4. The Morgan fingerprint density at radius 1 is 1.47 bits per heavy atom. The predicted octanol–water partition coefficient (Wildman–Crippen LogP) is 3.63. The van der Waals surface area contributed by atoms with Crippen LogP contribution < -0.4 is 5.73 Å². The Kier molecular flexibility index (Phi) is 3.69. The number of halogens is 1. The Morgan fingerprint density at radius 3 is 2.94 bits per heavy atom. The molecule has 2 aromatic rings. The van der Waals surface area contributed by atoms with Crippen LogP contribution in [0.1, 0.15) is 37.1 Å². The lowest BCUT2D eigenvalue weighted by Crippen LogP contribution is -2.02. The molecule has 0 aliphatic rings. The quantitative estimate of drug-likeness (QED) is 0.904. The van der Waals surface area contributed by atoms with Crippen LogP contribution in [-0.2, 0) is 0 Å². The SMILES string of the molecule is Cc1cc(Cl)cc2nc(C(C)CCCN)oc12. The van der Waals surface area contributed by atoms with Gasteiger partial charge < -0.3 is 10.2 Å². The van der Waals surface area contributed by atoms with E-state index in [1.807, 2.05) is 19.1 Å². The van der Waals surface area contributed by atoms with E-state index in [0.29, 0.717) is 17.5 Å². The smallest absolute Gasteiger partial charge is 0.198 e. The van der Waals surface area contributed by atoms with Gasteiger partial charge in [0.25, 0.3) is 0 Å². The number of benzene rings is 1. The Balaban J connectivity index is 2.34. The Hall–Kier alpha value is -1.06. The topological polar surface area (TPSA) is 52.0 Å². The third-order valence-electron chi connectivity index (χ3n) is 2.92. The van der Waals surface area contributed by atoms with Crippen molar-refractivity contribution in [2.45, 2.75) is 32.6 Å². The second kappa shape index (κ2) is 5.07. The molecule has 0 amide bonds.